The van der Waals surface area contributed by atoms with E-state index in [1.807, 2.05) is 6.92 Å². The fraction of sp³-hybridized carbons (Fsp3) is 0.235. The van der Waals surface area contributed by atoms with E-state index in [0.717, 1.165) is 5.56 Å². The van der Waals surface area contributed by atoms with Crippen LogP contribution in [0.25, 0.3) is 0 Å². The quantitative estimate of drug-likeness (QED) is 0.810. The summed E-state index contributed by atoms with van der Waals surface area (Å²) in [7, 11) is -2.35. The van der Waals surface area contributed by atoms with Crippen molar-refractivity contribution in [2.24, 2.45) is 0 Å². The maximum Gasteiger partial charge on any atom is 0.241 e. The summed E-state index contributed by atoms with van der Waals surface area (Å²) in [6, 6.07) is 11.9. The summed E-state index contributed by atoms with van der Waals surface area (Å²) in [4.78, 5) is 11.1. The number of carboxylic acid groups (broad SMARTS) is 1. The first kappa shape index (κ1) is 18.0. The van der Waals surface area contributed by atoms with Gasteiger partial charge in [0, 0.05) is 12.4 Å². The van der Waals surface area contributed by atoms with Crippen LogP contribution in [0.2, 0.25) is 0 Å². The summed E-state index contributed by atoms with van der Waals surface area (Å²) >= 11 is 0. The Morgan fingerprint density at radius 3 is 2.21 bits per heavy atom. The topological polar surface area (TPSA) is 95.5 Å². The minimum Gasteiger partial charge on any atom is -0.550 e. The SMILES string of the molecule is COc1ccc([C@H](CC(=O)[O-])NS(=O)(=O)c2ccc(C)cc2)cc1. The average molecular weight is 348 g/mol. The molecule has 2 rings (SSSR count). The largest absolute Gasteiger partial charge is 0.550 e. The van der Waals surface area contributed by atoms with Crippen LogP contribution in [-0.4, -0.2) is 21.5 Å². The van der Waals surface area contributed by atoms with Crippen molar-refractivity contribution in [1.82, 2.24) is 4.72 Å². The lowest BCUT2D eigenvalue weighted by Crippen LogP contribution is -2.34. The normalized spacial score (nSPS) is 12.6. The Labute approximate surface area is 141 Å². The van der Waals surface area contributed by atoms with Crippen molar-refractivity contribution in [3.05, 3.63) is 59.7 Å². The fourth-order valence-electron chi connectivity index (χ4n) is 2.20. The van der Waals surface area contributed by atoms with Crippen LogP contribution in [0.1, 0.15) is 23.6 Å². The van der Waals surface area contributed by atoms with Crippen LogP contribution in [0.4, 0.5) is 0 Å². The third-order valence-electron chi connectivity index (χ3n) is 3.52. The lowest BCUT2D eigenvalue weighted by atomic mass is 10.0. The van der Waals surface area contributed by atoms with Crippen molar-refractivity contribution in [3.63, 3.8) is 0 Å². The molecular weight excluding hydrogens is 330 g/mol. The van der Waals surface area contributed by atoms with Gasteiger partial charge in [-0.1, -0.05) is 29.8 Å². The summed E-state index contributed by atoms with van der Waals surface area (Å²) in [5.41, 5.74) is 1.44. The van der Waals surface area contributed by atoms with E-state index in [-0.39, 0.29) is 4.90 Å². The van der Waals surface area contributed by atoms with E-state index in [1.54, 1.807) is 36.4 Å². The van der Waals surface area contributed by atoms with Gasteiger partial charge < -0.3 is 14.6 Å². The zero-order valence-electron chi connectivity index (χ0n) is 13.4. The number of methoxy groups -OCH3 is 1. The number of carbonyl (C=O) groups is 1. The molecule has 1 N–H and O–H groups in total. The van der Waals surface area contributed by atoms with Gasteiger partial charge in [0.1, 0.15) is 5.75 Å². The number of nitrogens with one attached hydrogen (secondary N) is 1. The van der Waals surface area contributed by atoms with Crippen molar-refractivity contribution >= 4 is 16.0 Å². The van der Waals surface area contributed by atoms with Gasteiger partial charge in [-0.25, -0.2) is 13.1 Å². The number of carboxylic acids is 1. The minimum atomic E-state index is -3.86. The van der Waals surface area contributed by atoms with Crippen molar-refractivity contribution in [1.29, 1.82) is 0 Å². The molecule has 0 unspecified atom stereocenters. The summed E-state index contributed by atoms with van der Waals surface area (Å²) < 4.78 is 32.4. The number of benzene rings is 2. The Bertz CT molecular complexity index is 798. The molecule has 7 heteroatoms. The molecule has 0 aliphatic carbocycles. The first-order chi connectivity index (χ1) is 11.3. The molecule has 0 spiro atoms. The van der Waals surface area contributed by atoms with Gasteiger partial charge in [0.25, 0.3) is 0 Å². The van der Waals surface area contributed by atoms with Crippen molar-refractivity contribution < 1.29 is 23.1 Å². The number of rotatable bonds is 7. The summed E-state index contributed by atoms with van der Waals surface area (Å²) in [5.74, 6) is -0.755. The van der Waals surface area contributed by atoms with Crippen LogP contribution in [0.5, 0.6) is 5.75 Å². The van der Waals surface area contributed by atoms with Gasteiger partial charge in [-0.05, 0) is 36.8 Å². The molecule has 0 aliphatic rings. The molecule has 24 heavy (non-hydrogen) atoms. The van der Waals surface area contributed by atoms with E-state index in [9.17, 15) is 18.3 Å². The standard InChI is InChI=1S/C17H19NO5S/c1-12-3-9-15(10-4-12)24(21,22)18-16(11-17(19)20)13-5-7-14(23-2)8-6-13/h3-10,16,18H,11H2,1-2H3,(H,19,20)/p-1/t16-/m0/s1. The molecule has 0 saturated carbocycles. The first-order valence-electron chi connectivity index (χ1n) is 7.24. The molecule has 128 valence electrons. The van der Waals surface area contributed by atoms with Crippen LogP contribution < -0.4 is 14.6 Å². The number of aryl methyl sites for hydroxylation is 1. The molecule has 0 bridgehead atoms. The summed E-state index contributed by atoms with van der Waals surface area (Å²) in [5, 5.41) is 11.0. The maximum atomic E-state index is 12.5. The van der Waals surface area contributed by atoms with E-state index < -0.39 is 28.5 Å². The highest BCUT2D eigenvalue weighted by molar-refractivity contribution is 7.89. The summed E-state index contributed by atoms with van der Waals surface area (Å²) in [6.07, 6.45) is -0.475. The lowest BCUT2D eigenvalue weighted by Gasteiger charge is -2.20. The molecule has 0 heterocycles. The van der Waals surface area contributed by atoms with E-state index in [0.29, 0.717) is 11.3 Å². The van der Waals surface area contributed by atoms with Crippen molar-refractivity contribution in [3.8, 4) is 5.75 Å². The molecule has 2 aromatic rings. The van der Waals surface area contributed by atoms with E-state index in [4.69, 9.17) is 4.74 Å². The van der Waals surface area contributed by atoms with Gasteiger partial charge in [-0.2, -0.15) is 0 Å². The number of carbonyl (C=O) groups excluding carboxylic acids is 1. The third-order valence-corrected chi connectivity index (χ3v) is 5.01. The Balaban J connectivity index is 2.30. The van der Waals surface area contributed by atoms with Crippen LogP contribution in [0.15, 0.2) is 53.4 Å². The van der Waals surface area contributed by atoms with Crippen LogP contribution >= 0.6 is 0 Å². The number of ether oxygens (including phenoxy) is 1. The highest BCUT2D eigenvalue weighted by Gasteiger charge is 2.21. The van der Waals surface area contributed by atoms with Crippen LogP contribution in [-0.2, 0) is 14.8 Å². The minimum absolute atomic E-state index is 0.0740. The van der Waals surface area contributed by atoms with E-state index >= 15 is 0 Å². The van der Waals surface area contributed by atoms with Gasteiger partial charge in [0.15, 0.2) is 0 Å². The van der Waals surface area contributed by atoms with Crippen molar-refractivity contribution in [2.45, 2.75) is 24.3 Å². The number of hydrogen-bond donors (Lipinski definition) is 1. The Morgan fingerprint density at radius 1 is 1.12 bits per heavy atom. The molecule has 0 aromatic heterocycles. The molecule has 0 aliphatic heterocycles. The molecule has 6 nitrogen and oxygen atoms in total. The van der Waals surface area contributed by atoms with Crippen molar-refractivity contribution in [2.75, 3.05) is 7.11 Å². The molecule has 0 fully saturated rings. The van der Waals surface area contributed by atoms with E-state index in [1.165, 1.54) is 19.2 Å². The average Bonchev–Trinajstić information content (AvgIpc) is 2.54. The predicted molar refractivity (Wildman–Crippen MR) is 86.9 cm³/mol. The zero-order chi connectivity index (χ0) is 17.7. The second kappa shape index (κ2) is 7.46. The molecule has 0 saturated heterocycles. The second-order valence-corrected chi connectivity index (χ2v) is 7.05. The molecular formula is C17H18NO5S-. The first-order valence-corrected chi connectivity index (χ1v) is 8.73. The smallest absolute Gasteiger partial charge is 0.241 e. The fourth-order valence-corrected chi connectivity index (χ4v) is 3.43. The lowest BCUT2D eigenvalue weighted by molar-refractivity contribution is -0.306. The van der Waals surface area contributed by atoms with Gasteiger partial charge in [0.05, 0.1) is 18.0 Å². The second-order valence-electron chi connectivity index (χ2n) is 5.34. The highest BCUT2D eigenvalue weighted by Crippen LogP contribution is 2.22. The highest BCUT2D eigenvalue weighted by atomic mass is 32.2. The maximum absolute atomic E-state index is 12.5. The molecule has 2 aromatic carbocycles. The Hall–Kier alpha value is -2.38. The summed E-state index contributed by atoms with van der Waals surface area (Å²) in [6.45, 7) is 1.85. The number of aliphatic carboxylic acids is 1. The van der Waals surface area contributed by atoms with Crippen LogP contribution in [0.3, 0.4) is 0 Å². The van der Waals surface area contributed by atoms with E-state index in [2.05, 4.69) is 4.72 Å². The van der Waals surface area contributed by atoms with Gasteiger partial charge in [-0.3, -0.25) is 0 Å². The molecule has 1 atom stereocenters. The van der Waals surface area contributed by atoms with Gasteiger partial charge in [0.2, 0.25) is 10.0 Å². The van der Waals surface area contributed by atoms with Gasteiger partial charge >= 0.3 is 0 Å². The molecule has 0 radical (unpaired) electrons. The third kappa shape index (κ3) is 4.56. The number of sulfonamides is 1. The number of hydrogen-bond acceptors (Lipinski definition) is 5. The predicted octanol–water partition coefficient (Wildman–Crippen LogP) is 1.16. The Morgan fingerprint density at radius 2 is 1.71 bits per heavy atom. The monoisotopic (exact) mass is 348 g/mol. The van der Waals surface area contributed by atoms with Gasteiger partial charge in [-0.15, -0.1) is 0 Å². The molecule has 0 amide bonds. The zero-order valence-corrected chi connectivity index (χ0v) is 14.2. The Kier molecular flexibility index (Phi) is 5.58. The van der Waals surface area contributed by atoms with Crippen LogP contribution in [0, 0.1) is 6.92 Å².